The molecule has 0 bridgehead atoms. The van der Waals surface area contributed by atoms with Crippen LogP contribution in [0.1, 0.15) is 5.56 Å². The molecule has 35 heavy (non-hydrogen) atoms. The fourth-order valence-electron chi connectivity index (χ4n) is 2.92. The Kier molecular flexibility index (Phi) is 7.28. The number of aromatic nitrogens is 3. The van der Waals surface area contributed by atoms with Gasteiger partial charge >= 0.3 is 6.36 Å². The third kappa shape index (κ3) is 6.78. The molecule has 0 spiro atoms. The normalized spacial score (nSPS) is 11.4. The van der Waals surface area contributed by atoms with E-state index in [1.54, 1.807) is 18.3 Å². The fraction of sp³-hybridized carbons (Fsp3) is 0.0435. The summed E-state index contributed by atoms with van der Waals surface area (Å²) in [4.78, 5) is 4.27. The molecule has 0 aliphatic carbocycles. The van der Waals surface area contributed by atoms with Gasteiger partial charge in [0.15, 0.2) is 10.9 Å². The highest BCUT2D eigenvalue weighted by Crippen LogP contribution is 2.24. The smallest absolute Gasteiger partial charge is 0.406 e. The molecular formula is C23H16ClF3N6OS. The molecule has 0 radical (unpaired) electrons. The molecule has 4 rings (SSSR count). The molecule has 4 aromatic rings. The standard InChI is InChI=1S/C23H16ClF3N6OS/c24-19-3-1-2-4-20(19)30-22(35)31-29-13-15-5-7-16(8-6-15)21-28-14-33(32-21)17-9-11-18(12-10-17)34-23(25,26)27/h1-14H,(H2,30,31,35). The maximum absolute atomic E-state index is 12.3. The van der Waals surface area contributed by atoms with Crippen molar-refractivity contribution in [3.63, 3.8) is 0 Å². The van der Waals surface area contributed by atoms with Gasteiger partial charge < -0.3 is 10.1 Å². The van der Waals surface area contributed by atoms with Crippen LogP contribution in [0.2, 0.25) is 5.02 Å². The number of ether oxygens (including phenoxy) is 1. The lowest BCUT2D eigenvalue weighted by Gasteiger charge is -2.09. The van der Waals surface area contributed by atoms with Crippen LogP contribution in [0.15, 0.2) is 84.2 Å². The van der Waals surface area contributed by atoms with E-state index in [0.29, 0.717) is 27.3 Å². The first kappa shape index (κ1) is 24.2. The van der Waals surface area contributed by atoms with E-state index in [9.17, 15) is 13.2 Å². The summed E-state index contributed by atoms with van der Waals surface area (Å²) in [7, 11) is 0. The number of hydrogen-bond donors (Lipinski definition) is 2. The van der Waals surface area contributed by atoms with Crippen molar-refractivity contribution in [2.45, 2.75) is 6.36 Å². The SMILES string of the molecule is FC(F)(F)Oc1ccc(-n2cnc(-c3ccc(C=NNC(=S)Nc4ccccc4Cl)cc3)n2)cc1. The van der Waals surface area contributed by atoms with Crippen molar-refractivity contribution in [3.05, 3.63) is 89.7 Å². The van der Waals surface area contributed by atoms with Gasteiger partial charge in [0.25, 0.3) is 0 Å². The van der Waals surface area contributed by atoms with Crippen molar-refractivity contribution >= 4 is 40.8 Å². The van der Waals surface area contributed by atoms with E-state index in [1.807, 2.05) is 36.4 Å². The quantitative estimate of drug-likeness (QED) is 0.191. The van der Waals surface area contributed by atoms with Gasteiger partial charge in [-0.1, -0.05) is 48.0 Å². The lowest BCUT2D eigenvalue weighted by Crippen LogP contribution is -2.23. The molecule has 1 heterocycles. The predicted octanol–water partition coefficient (Wildman–Crippen LogP) is 5.81. The fourth-order valence-corrected chi connectivity index (χ4v) is 3.26. The molecule has 0 amide bonds. The molecule has 3 aromatic carbocycles. The number of hydrogen-bond acceptors (Lipinski definition) is 5. The van der Waals surface area contributed by atoms with Crippen LogP contribution in [0.4, 0.5) is 18.9 Å². The van der Waals surface area contributed by atoms with Gasteiger partial charge in [0.05, 0.1) is 22.6 Å². The second-order valence-corrected chi connectivity index (χ2v) is 7.80. The maximum Gasteiger partial charge on any atom is 0.573 e. The van der Waals surface area contributed by atoms with Crippen LogP contribution >= 0.6 is 23.8 Å². The minimum Gasteiger partial charge on any atom is -0.406 e. The Bertz CT molecular complexity index is 1340. The van der Waals surface area contributed by atoms with Crippen LogP contribution in [0.3, 0.4) is 0 Å². The third-order valence-corrected chi connectivity index (χ3v) is 5.02. The van der Waals surface area contributed by atoms with Crippen LogP contribution in [-0.2, 0) is 0 Å². The van der Waals surface area contributed by atoms with Gasteiger partial charge in [-0.2, -0.15) is 5.10 Å². The van der Waals surface area contributed by atoms with Crippen LogP contribution < -0.4 is 15.5 Å². The van der Waals surface area contributed by atoms with Gasteiger partial charge in [0.1, 0.15) is 12.1 Å². The minimum absolute atomic E-state index is 0.290. The van der Waals surface area contributed by atoms with Crippen LogP contribution in [0.25, 0.3) is 17.1 Å². The van der Waals surface area contributed by atoms with Crippen molar-refractivity contribution in [2.75, 3.05) is 5.32 Å². The number of nitrogens with zero attached hydrogens (tertiary/aromatic N) is 4. The molecular weight excluding hydrogens is 501 g/mol. The summed E-state index contributed by atoms with van der Waals surface area (Å²) < 4.78 is 42.3. The van der Waals surface area contributed by atoms with Crippen molar-refractivity contribution in [1.29, 1.82) is 0 Å². The summed E-state index contributed by atoms with van der Waals surface area (Å²) in [6, 6.07) is 19.8. The Hall–Kier alpha value is -3.96. The number of hydrazone groups is 1. The zero-order valence-electron chi connectivity index (χ0n) is 17.7. The monoisotopic (exact) mass is 516 g/mol. The molecule has 1 aromatic heterocycles. The summed E-state index contributed by atoms with van der Waals surface area (Å²) in [6.45, 7) is 0. The number of benzene rings is 3. The van der Waals surface area contributed by atoms with E-state index in [2.05, 4.69) is 30.7 Å². The van der Waals surface area contributed by atoms with E-state index in [4.69, 9.17) is 23.8 Å². The summed E-state index contributed by atoms with van der Waals surface area (Å²) in [5.74, 6) is 0.140. The Morgan fingerprint density at radius 3 is 2.43 bits per heavy atom. The first-order valence-corrected chi connectivity index (χ1v) is 10.8. The van der Waals surface area contributed by atoms with Gasteiger partial charge in [-0.3, -0.25) is 5.43 Å². The predicted molar refractivity (Wildman–Crippen MR) is 132 cm³/mol. The number of para-hydroxylation sites is 1. The highest BCUT2D eigenvalue weighted by atomic mass is 35.5. The van der Waals surface area contributed by atoms with Gasteiger partial charge in [0, 0.05) is 5.56 Å². The second kappa shape index (κ2) is 10.5. The first-order chi connectivity index (χ1) is 16.8. The number of thiocarbonyl (C=S) groups is 1. The Balaban J connectivity index is 1.35. The van der Waals surface area contributed by atoms with Crippen molar-refractivity contribution in [1.82, 2.24) is 20.2 Å². The Morgan fingerprint density at radius 1 is 1.03 bits per heavy atom. The van der Waals surface area contributed by atoms with Crippen LogP contribution in [-0.4, -0.2) is 32.5 Å². The summed E-state index contributed by atoms with van der Waals surface area (Å²) in [5.41, 5.74) is 5.49. The van der Waals surface area contributed by atoms with Crippen molar-refractivity contribution in [2.24, 2.45) is 5.10 Å². The van der Waals surface area contributed by atoms with E-state index >= 15 is 0 Å². The summed E-state index contributed by atoms with van der Waals surface area (Å²) >= 11 is 11.3. The molecule has 2 N–H and O–H groups in total. The molecule has 7 nitrogen and oxygen atoms in total. The molecule has 0 aliphatic heterocycles. The van der Waals surface area contributed by atoms with Crippen LogP contribution in [0, 0.1) is 0 Å². The maximum atomic E-state index is 12.3. The minimum atomic E-state index is -4.74. The van der Waals surface area contributed by atoms with E-state index in [0.717, 1.165) is 11.1 Å². The molecule has 0 atom stereocenters. The third-order valence-electron chi connectivity index (χ3n) is 4.50. The second-order valence-electron chi connectivity index (χ2n) is 6.98. The number of halogens is 4. The molecule has 0 unspecified atom stereocenters. The highest BCUT2D eigenvalue weighted by molar-refractivity contribution is 7.80. The Morgan fingerprint density at radius 2 is 1.74 bits per heavy atom. The summed E-state index contributed by atoms with van der Waals surface area (Å²) in [5, 5.41) is 12.3. The molecule has 0 fully saturated rings. The molecule has 178 valence electrons. The highest BCUT2D eigenvalue weighted by Gasteiger charge is 2.31. The first-order valence-electron chi connectivity index (χ1n) is 10.00. The number of alkyl halides is 3. The molecule has 12 heteroatoms. The lowest BCUT2D eigenvalue weighted by atomic mass is 10.1. The van der Waals surface area contributed by atoms with E-state index in [-0.39, 0.29) is 5.75 Å². The zero-order chi connectivity index (χ0) is 24.8. The Labute approximate surface area is 208 Å². The van der Waals surface area contributed by atoms with Gasteiger partial charge in [-0.25, -0.2) is 9.67 Å². The van der Waals surface area contributed by atoms with E-state index < -0.39 is 6.36 Å². The average Bonchev–Trinajstić information content (AvgIpc) is 3.31. The van der Waals surface area contributed by atoms with Crippen LogP contribution in [0.5, 0.6) is 5.75 Å². The van der Waals surface area contributed by atoms with Gasteiger partial charge in [0.2, 0.25) is 0 Å². The lowest BCUT2D eigenvalue weighted by molar-refractivity contribution is -0.274. The summed E-state index contributed by atoms with van der Waals surface area (Å²) in [6.07, 6.45) is -1.67. The van der Waals surface area contributed by atoms with Gasteiger partial charge in [-0.05, 0) is 54.2 Å². The number of anilines is 1. The molecule has 0 saturated heterocycles. The van der Waals surface area contributed by atoms with Crippen molar-refractivity contribution in [3.8, 4) is 22.8 Å². The number of rotatable bonds is 6. The molecule has 0 aliphatic rings. The van der Waals surface area contributed by atoms with Gasteiger partial charge in [-0.15, -0.1) is 18.3 Å². The van der Waals surface area contributed by atoms with Crippen molar-refractivity contribution < 1.29 is 17.9 Å². The molecule has 0 saturated carbocycles. The largest absolute Gasteiger partial charge is 0.573 e. The van der Waals surface area contributed by atoms with E-state index in [1.165, 1.54) is 35.3 Å². The average molecular weight is 517 g/mol. The zero-order valence-corrected chi connectivity index (χ0v) is 19.3. The topological polar surface area (TPSA) is 76.4 Å². The number of nitrogens with one attached hydrogen (secondary N) is 2.